The summed E-state index contributed by atoms with van der Waals surface area (Å²) in [7, 11) is -1.48. The van der Waals surface area contributed by atoms with Crippen LogP contribution in [0.2, 0.25) is 0 Å². The Bertz CT molecular complexity index is 1040. The fourth-order valence-corrected chi connectivity index (χ4v) is 3.49. The maximum Gasteiger partial charge on any atom is 0.257 e. The van der Waals surface area contributed by atoms with E-state index >= 15 is 0 Å². The second kappa shape index (κ2) is 9.08. The van der Waals surface area contributed by atoms with Gasteiger partial charge in [0.05, 0.1) is 18.4 Å². The van der Waals surface area contributed by atoms with Crippen molar-refractivity contribution in [2.24, 2.45) is 0 Å². The fraction of sp³-hybridized carbons (Fsp3) is 0.263. The van der Waals surface area contributed by atoms with Crippen molar-refractivity contribution in [3.8, 4) is 5.75 Å². The minimum atomic E-state index is -2.85. The van der Waals surface area contributed by atoms with Crippen LogP contribution in [0.15, 0.2) is 36.4 Å². The van der Waals surface area contributed by atoms with Crippen LogP contribution in [0.25, 0.3) is 0 Å². The largest absolute Gasteiger partial charge is 0.496 e. The van der Waals surface area contributed by atoms with Crippen LogP contribution in [-0.2, 0) is 10.9 Å². The number of rotatable bonds is 5. The molecule has 30 heavy (non-hydrogen) atoms. The average Bonchev–Trinajstić information content (AvgIpc) is 2.74. The van der Waals surface area contributed by atoms with Gasteiger partial charge in [-0.3, -0.25) is 14.3 Å². The molecule has 2 amide bonds. The Kier molecular flexibility index (Phi) is 6.50. The zero-order chi connectivity index (χ0) is 21.8. The lowest BCUT2D eigenvalue weighted by molar-refractivity contribution is 0.0533. The van der Waals surface area contributed by atoms with E-state index in [1.54, 1.807) is 0 Å². The summed E-state index contributed by atoms with van der Waals surface area (Å²) in [4.78, 5) is 28.3. The normalized spacial score (nSPS) is 14.0. The molecule has 1 N–H and O–H groups in total. The van der Waals surface area contributed by atoms with Gasteiger partial charge in [-0.2, -0.15) is 0 Å². The molecule has 0 atom stereocenters. The topological polar surface area (TPSA) is 96.0 Å². The first-order valence-electron chi connectivity index (χ1n) is 8.93. The second-order valence-corrected chi connectivity index (χ2v) is 7.24. The molecule has 0 bridgehead atoms. The number of hydrogen-bond acceptors (Lipinski definition) is 5. The number of carbonyl (C=O) groups excluding carboxylic acids is 2. The zero-order valence-electron chi connectivity index (χ0n) is 15.9. The molecule has 2 aromatic carbocycles. The van der Waals surface area contributed by atoms with Gasteiger partial charge in [-0.25, -0.2) is 17.2 Å². The first kappa shape index (κ1) is 21.5. The summed E-state index contributed by atoms with van der Waals surface area (Å²) in [5.74, 6) is -2.69. The number of nitrogens with zero attached hydrogens (tertiary/aromatic N) is 2. The molecule has 0 radical (unpaired) electrons. The fourth-order valence-electron chi connectivity index (χ4n) is 3.14. The Hall–Kier alpha value is -3.21. The van der Waals surface area contributed by atoms with Crippen molar-refractivity contribution in [1.82, 2.24) is 9.80 Å². The number of piperazine rings is 1. The van der Waals surface area contributed by atoms with E-state index in [-0.39, 0.29) is 54.7 Å². The molecule has 0 saturated carbocycles. The van der Waals surface area contributed by atoms with Crippen molar-refractivity contribution in [1.29, 1.82) is 0 Å². The Morgan fingerprint density at radius 1 is 0.933 bits per heavy atom. The maximum absolute atomic E-state index is 13.4. The number of thiol groups is 1. The van der Waals surface area contributed by atoms with Crippen molar-refractivity contribution in [3.63, 3.8) is 0 Å². The Morgan fingerprint density at radius 2 is 1.57 bits per heavy atom. The van der Waals surface area contributed by atoms with Gasteiger partial charge in [-0.05, 0) is 30.3 Å². The molecule has 1 heterocycles. The van der Waals surface area contributed by atoms with Gasteiger partial charge in [0.15, 0.2) is 11.6 Å². The predicted octanol–water partition coefficient (Wildman–Crippen LogP) is 1.51. The van der Waals surface area contributed by atoms with Crippen LogP contribution in [-0.4, -0.2) is 63.3 Å². The van der Waals surface area contributed by atoms with Crippen LogP contribution in [0.3, 0.4) is 0 Å². The molecular weight excluding hydrogens is 420 g/mol. The Balaban J connectivity index is 1.68. The van der Waals surface area contributed by atoms with Crippen LogP contribution in [0.4, 0.5) is 14.5 Å². The van der Waals surface area contributed by atoms with E-state index in [0.29, 0.717) is 0 Å². The third-order valence-corrected chi connectivity index (χ3v) is 5.11. The van der Waals surface area contributed by atoms with Gasteiger partial charge in [0, 0.05) is 37.8 Å². The van der Waals surface area contributed by atoms with Gasteiger partial charge in [-0.1, -0.05) is 0 Å². The molecule has 11 heteroatoms. The SMILES string of the molecule is COc1cc(N[SH](=O)=O)ccc1C(=O)N1CCN(C(=O)c2ccc(F)c(F)c2)CC1. The van der Waals surface area contributed by atoms with Crippen LogP contribution in [0.1, 0.15) is 20.7 Å². The highest BCUT2D eigenvalue weighted by Crippen LogP contribution is 2.25. The molecule has 0 aromatic heterocycles. The van der Waals surface area contributed by atoms with Crippen molar-refractivity contribution < 1.29 is 31.5 Å². The number of carbonyl (C=O) groups is 2. The van der Waals surface area contributed by atoms with Gasteiger partial charge in [-0.15, -0.1) is 0 Å². The van der Waals surface area contributed by atoms with Crippen LogP contribution in [0, 0.1) is 11.6 Å². The highest BCUT2D eigenvalue weighted by Gasteiger charge is 2.27. The summed E-state index contributed by atoms with van der Waals surface area (Å²) in [5, 5.41) is 0. The third-order valence-electron chi connectivity index (χ3n) is 4.67. The van der Waals surface area contributed by atoms with E-state index < -0.39 is 28.4 Å². The summed E-state index contributed by atoms with van der Waals surface area (Å²) >= 11 is 0. The monoisotopic (exact) mass is 439 g/mol. The molecule has 160 valence electrons. The van der Waals surface area contributed by atoms with E-state index in [9.17, 15) is 26.8 Å². The number of hydrogen-bond donors (Lipinski definition) is 2. The summed E-state index contributed by atoms with van der Waals surface area (Å²) in [6, 6.07) is 7.28. The molecule has 0 spiro atoms. The third kappa shape index (κ3) is 4.67. The Labute approximate surface area is 173 Å². The summed E-state index contributed by atoms with van der Waals surface area (Å²) in [6.45, 7) is 0.929. The van der Waals surface area contributed by atoms with Crippen molar-refractivity contribution in [2.45, 2.75) is 0 Å². The molecular formula is C19H19F2N3O5S. The van der Waals surface area contributed by atoms with Gasteiger partial charge < -0.3 is 14.5 Å². The zero-order valence-corrected chi connectivity index (χ0v) is 16.8. The first-order valence-corrected chi connectivity index (χ1v) is 10.1. The smallest absolute Gasteiger partial charge is 0.257 e. The number of amides is 2. The highest BCUT2D eigenvalue weighted by molar-refractivity contribution is 7.73. The molecule has 0 aliphatic carbocycles. The molecule has 0 unspecified atom stereocenters. The average molecular weight is 439 g/mol. The van der Waals surface area contributed by atoms with E-state index in [4.69, 9.17) is 4.74 Å². The van der Waals surface area contributed by atoms with E-state index in [2.05, 4.69) is 4.72 Å². The number of benzene rings is 2. The predicted molar refractivity (Wildman–Crippen MR) is 105 cm³/mol. The number of halogens is 2. The molecule has 8 nitrogen and oxygen atoms in total. The summed E-state index contributed by atoms with van der Waals surface area (Å²) < 4.78 is 55.5. The van der Waals surface area contributed by atoms with Crippen molar-refractivity contribution >= 4 is 28.4 Å². The van der Waals surface area contributed by atoms with Gasteiger partial charge >= 0.3 is 0 Å². The van der Waals surface area contributed by atoms with Gasteiger partial charge in [0.1, 0.15) is 5.75 Å². The van der Waals surface area contributed by atoms with E-state index in [0.717, 1.165) is 12.1 Å². The second-order valence-electron chi connectivity index (χ2n) is 6.50. The highest BCUT2D eigenvalue weighted by atomic mass is 32.2. The minimum Gasteiger partial charge on any atom is -0.496 e. The van der Waals surface area contributed by atoms with Gasteiger partial charge in [0.25, 0.3) is 11.8 Å². The summed E-state index contributed by atoms with van der Waals surface area (Å²) in [5.41, 5.74) is 0.557. The van der Waals surface area contributed by atoms with E-state index in [1.807, 2.05) is 0 Å². The van der Waals surface area contributed by atoms with Crippen LogP contribution >= 0.6 is 0 Å². The lowest BCUT2D eigenvalue weighted by Gasteiger charge is -2.35. The first-order chi connectivity index (χ1) is 14.3. The van der Waals surface area contributed by atoms with Gasteiger partial charge in [0.2, 0.25) is 10.9 Å². The minimum absolute atomic E-state index is 0.0372. The van der Waals surface area contributed by atoms with Crippen LogP contribution < -0.4 is 9.46 Å². The lowest BCUT2D eigenvalue weighted by atomic mass is 10.1. The number of nitrogens with one attached hydrogen (secondary N) is 1. The van der Waals surface area contributed by atoms with Crippen molar-refractivity contribution in [3.05, 3.63) is 59.2 Å². The molecule has 1 aliphatic heterocycles. The summed E-state index contributed by atoms with van der Waals surface area (Å²) in [6.07, 6.45) is 0. The molecule has 3 rings (SSSR count). The quantitative estimate of drug-likeness (QED) is 0.689. The maximum atomic E-state index is 13.4. The standard InChI is InChI=1S/C19H19F2N3O5S/c1-29-17-11-13(22-30(27)28)3-4-14(17)19(26)24-8-6-23(7-9-24)18(25)12-2-5-15(20)16(21)10-12/h2-5,10-11,30H,6-9H2,1H3,(H,22,27,28). The number of anilines is 1. The molecule has 2 aromatic rings. The van der Waals surface area contributed by atoms with Crippen LogP contribution in [0.5, 0.6) is 5.75 Å². The van der Waals surface area contributed by atoms with Crippen molar-refractivity contribution in [2.75, 3.05) is 38.0 Å². The van der Waals surface area contributed by atoms with E-state index in [1.165, 1.54) is 41.2 Å². The Morgan fingerprint density at radius 3 is 2.13 bits per heavy atom. The molecule has 1 saturated heterocycles. The molecule has 1 fully saturated rings. The number of methoxy groups -OCH3 is 1. The lowest BCUT2D eigenvalue weighted by Crippen LogP contribution is -2.50. The number of ether oxygens (including phenoxy) is 1. The molecule has 1 aliphatic rings.